The molecule has 2 N–H and O–H groups in total. The van der Waals surface area contributed by atoms with Gasteiger partial charge in [-0.3, -0.25) is 4.79 Å². The van der Waals surface area contributed by atoms with Gasteiger partial charge in [0.25, 0.3) is 5.91 Å². The zero-order chi connectivity index (χ0) is 19.2. The standard InChI is InChI=1S/C22H23N3O2/c1-25(2)19-14-12-17(13-15-19)23-16-8-10-18(11-9-16)24-22(26)20-6-4-5-7-21(20)27-3/h4-15,23H,1-3H3,(H,24,26). The number of amides is 1. The van der Waals surface area contributed by atoms with Crippen molar-refractivity contribution in [1.82, 2.24) is 0 Å². The maximum atomic E-state index is 12.4. The Bertz CT molecular complexity index is 904. The minimum absolute atomic E-state index is 0.201. The fourth-order valence-corrected chi connectivity index (χ4v) is 2.68. The molecule has 0 aliphatic rings. The van der Waals surface area contributed by atoms with Crippen LogP contribution in [0.3, 0.4) is 0 Å². The van der Waals surface area contributed by atoms with Gasteiger partial charge in [-0.15, -0.1) is 0 Å². The van der Waals surface area contributed by atoms with Crippen LogP contribution < -0.4 is 20.3 Å². The van der Waals surface area contributed by atoms with Crippen molar-refractivity contribution in [3.8, 4) is 5.75 Å². The Balaban J connectivity index is 1.65. The molecule has 3 aromatic rings. The molecule has 0 aliphatic carbocycles. The first-order chi connectivity index (χ1) is 13.1. The molecular weight excluding hydrogens is 338 g/mol. The fourth-order valence-electron chi connectivity index (χ4n) is 2.68. The van der Waals surface area contributed by atoms with E-state index in [0.29, 0.717) is 11.3 Å². The lowest BCUT2D eigenvalue weighted by Gasteiger charge is -2.14. The molecule has 0 fully saturated rings. The molecule has 5 heteroatoms. The van der Waals surface area contributed by atoms with Crippen LogP contribution in [-0.2, 0) is 0 Å². The number of hydrogen-bond acceptors (Lipinski definition) is 4. The lowest BCUT2D eigenvalue weighted by atomic mass is 10.2. The van der Waals surface area contributed by atoms with Gasteiger partial charge in [-0.25, -0.2) is 0 Å². The smallest absolute Gasteiger partial charge is 0.259 e. The number of ether oxygens (including phenoxy) is 1. The molecule has 3 rings (SSSR count). The number of benzene rings is 3. The molecule has 0 atom stereocenters. The molecule has 0 unspecified atom stereocenters. The van der Waals surface area contributed by atoms with Crippen LogP contribution in [0.5, 0.6) is 5.75 Å². The van der Waals surface area contributed by atoms with Crippen molar-refractivity contribution < 1.29 is 9.53 Å². The first-order valence-corrected chi connectivity index (χ1v) is 8.65. The highest BCUT2D eigenvalue weighted by Gasteiger charge is 2.11. The lowest BCUT2D eigenvalue weighted by molar-refractivity contribution is 0.102. The third kappa shape index (κ3) is 4.58. The number of nitrogens with zero attached hydrogens (tertiary/aromatic N) is 1. The maximum Gasteiger partial charge on any atom is 0.259 e. The first kappa shape index (κ1) is 18.3. The molecule has 0 spiro atoms. The summed E-state index contributed by atoms with van der Waals surface area (Å²) >= 11 is 0. The number of carbonyl (C=O) groups excluding carboxylic acids is 1. The van der Waals surface area contributed by atoms with E-state index in [2.05, 4.69) is 27.7 Å². The van der Waals surface area contributed by atoms with Crippen LogP contribution in [0.15, 0.2) is 72.8 Å². The number of anilines is 4. The number of rotatable bonds is 6. The summed E-state index contributed by atoms with van der Waals surface area (Å²) in [7, 11) is 5.58. The lowest BCUT2D eigenvalue weighted by Crippen LogP contribution is -2.13. The molecule has 138 valence electrons. The van der Waals surface area contributed by atoms with Crippen LogP contribution in [0, 0.1) is 0 Å². The summed E-state index contributed by atoms with van der Waals surface area (Å²) in [5.41, 5.74) is 4.33. The highest BCUT2D eigenvalue weighted by molar-refractivity contribution is 6.06. The monoisotopic (exact) mass is 361 g/mol. The molecule has 0 aliphatic heterocycles. The van der Waals surface area contributed by atoms with E-state index < -0.39 is 0 Å². The van der Waals surface area contributed by atoms with Crippen LogP contribution in [0.2, 0.25) is 0 Å². The van der Waals surface area contributed by atoms with E-state index in [-0.39, 0.29) is 5.91 Å². The van der Waals surface area contributed by atoms with Gasteiger partial charge in [-0.05, 0) is 60.7 Å². The number of nitrogens with one attached hydrogen (secondary N) is 2. The summed E-state index contributed by atoms with van der Waals surface area (Å²) in [4.78, 5) is 14.5. The Hall–Kier alpha value is -3.47. The second-order valence-corrected chi connectivity index (χ2v) is 6.30. The highest BCUT2D eigenvalue weighted by Crippen LogP contribution is 2.23. The maximum absolute atomic E-state index is 12.4. The number of methoxy groups -OCH3 is 1. The predicted molar refractivity (Wildman–Crippen MR) is 111 cm³/mol. The molecule has 0 radical (unpaired) electrons. The Morgan fingerprint density at radius 3 is 1.96 bits per heavy atom. The molecule has 1 amide bonds. The summed E-state index contributed by atoms with van der Waals surface area (Å²) in [5, 5.41) is 6.24. The first-order valence-electron chi connectivity index (χ1n) is 8.65. The van der Waals surface area contributed by atoms with E-state index >= 15 is 0 Å². The molecule has 27 heavy (non-hydrogen) atoms. The van der Waals surface area contributed by atoms with Crippen LogP contribution >= 0.6 is 0 Å². The summed E-state index contributed by atoms with van der Waals surface area (Å²) in [6, 6.07) is 22.9. The van der Waals surface area contributed by atoms with E-state index in [1.165, 1.54) is 0 Å². The number of hydrogen-bond donors (Lipinski definition) is 2. The quantitative estimate of drug-likeness (QED) is 0.665. The van der Waals surface area contributed by atoms with Crippen LogP contribution in [0.25, 0.3) is 0 Å². The van der Waals surface area contributed by atoms with E-state index in [9.17, 15) is 4.79 Å². The van der Waals surface area contributed by atoms with Gasteiger partial charge in [0, 0.05) is 36.8 Å². The van der Waals surface area contributed by atoms with Crippen molar-refractivity contribution in [2.75, 3.05) is 36.7 Å². The second kappa shape index (κ2) is 8.27. The van der Waals surface area contributed by atoms with Gasteiger partial charge in [-0.2, -0.15) is 0 Å². The van der Waals surface area contributed by atoms with Crippen molar-refractivity contribution in [2.45, 2.75) is 0 Å². The van der Waals surface area contributed by atoms with Gasteiger partial charge in [0.1, 0.15) is 5.75 Å². The van der Waals surface area contributed by atoms with Crippen molar-refractivity contribution in [3.05, 3.63) is 78.4 Å². The zero-order valence-electron chi connectivity index (χ0n) is 15.7. The molecule has 0 saturated carbocycles. The van der Waals surface area contributed by atoms with E-state index in [1.54, 1.807) is 19.2 Å². The Kier molecular flexibility index (Phi) is 5.61. The predicted octanol–water partition coefficient (Wildman–Crippen LogP) is 4.76. The summed E-state index contributed by atoms with van der Waals surface area (Å²) < 4.78 is 5.24. The molecule has 0 heterocycles. The normalized spacial score (nSPS) is 10.2. The Labute approximate surface area is 159 Å². The van der Waals surface area contributed by atoms with E-state index in [0.717, 1.165) is 22.7 Å². The van der Waals surface area contributed by atoms with E-state index in [4.69, 9.17) is 4.74 Å². The molecule has 0 saturated heterocycles. The van der Waals surface area contributed by atoms with Crippen molar-refractivity contribution >= 4 is 28.7 Å². The van der Waals surface area contributed by atoms with Crippen LogP contribution in [0.1, 0.15) is 10.4 Å². The molecular formula is C22H23N3O2. The minimum Gasteiger partial charge on any atom is -0.496 e. The molecule has 0 bridgehead atoms. The minimum atomic E-state index is -0.201. The van der Waals surface area contributed by atoms with Crippen molar-refractivity contribution in [2.24, 2.45) is 0 Å². The van der Waals surface area contributed by atoms with Gasteiger partial charge in [0.05, 0.1) is 12.7 Å². The SMILES string of the molecule is COc1ccccc1C(=O)Nc1ccc(Nc2ccc(N(C)C)cc2)cc1. The van der Waals surface area contributed by atoms with Crippen molar-refractivity contribution in [1.29, 1.82) is 0 Å². The molecule has 0 aromatic heterocycles. The molecule has 5 nitrogen and oxygen atoms in total. The van der Waals surface area contributed by atoms with Gasteiger partial charge in [0.2, 0.25) is 0 Å². The topological polar surface area (TPSA) is 53.6 Å². The van der Waals surface area contributed by atoms with Gasteiger partial charge in [0.15, 0.2) is 0 Å². The fraction of sp³-hybridized carbons (Fsp3) is 0.136. The third-order valence-electron chi connectivity index (χ3n) is 4.17. The van der Waals surface area contributed by atoms with Gasteiger partial charge < -0.3 is 20.3 Å². The Morgan fingerprint density at radius 2 is 1.37 bits per heavy atom. The third-order valence-corrected chi connectivity index (χ3v) is 4.17. The highest BCUT2D eigenvalue weighted by atomic mass is 16.5. The zero-order valence-corrected chi connectivity index (χ0v) is 15.7. The number of para-hydroxylation sites is 1. The van der Waals surface area contributed by atoms with Crippen molar-refractivity contribution in [3.63, 3.8) is 0 Å². The van der Waals surface area contributed by atoms with Crippen LogP contribution in [0.4, 0.5) is 22.7 Å². The average molecular weight is 361 g/mol. The average Bonchev–Trinajstić information content (AvgIpc) is 2.69. The number of carbonyl (C=O) groups is 1. The second-order valence-electron chi connectivity index (χ2n) is 6.30. The largest absolute Gasteiger partial charge is 0.496 e. The van der Waals surface area contributed by atoms with E-state index in [1.807, 2.05) is 62.6 Å². The summed E-state index contributed by atoms with van der Waals surface area (Å²) in [5.74, 6) is 0.349. The van der Waals surface area contributed by atoms with Gasteiger partial charge in [-0.1, -0.05) is 12.1 Å². The Morgan fingerprint density at radius 1 is 0.815 bits per heavy atom. The summed E-state index contributed by atoms with van der Waals surface area (Å²) in [6.07, 6.45) is 0. The van der Waals surface area contributed by atoms with Crippen LogP contribution in [-0.4, -0.2) is 27.1 Å². The summed E-state index contributed by atoms with van der Waals surface area (Å²) in [6.45, 7) is 0. The van der Waals surface area contributed by atoms with Gasteiger partial charge >= 0.3 is 0 Å². The molecule has 3 aromatic carbocycles.